The van der Waals surface area contributed by atoms with E-state index in [9.17, 15) is 4.79 Å². The average Bonchev–Trinajstić information content (AvgIpc) is 1.99. The van der Waals surface area contributed by atoms with Crippen LogP contribution in [0.2, 0.25) is 0 Å². The van der Waals surface area contributed by atoms with Crippen molar-refractivity contribution in [1.82, 2.24) is 0 Å². The van der Waals surface area contributed by atoms with Crippen molar-refractivity contribution < 1.29 is 9.53 Å². The summed E-state index contributed by atoms with van der Waals surface area (Å²) in [6.45, 7) is 4.57. The Labute approximate surface area is 66.5 Å². The second kappa shape index (κ2) is 5.54. The number of ether oxygens (including phenoxy) is 1. The van der Waals surface area contributed by atoms with E-state index in [1.807, 2.05) is 6.92 Å². The molecule has 0 amide bonds. The zero-order valence-corrected chi connectivity index (χ0v) is 7.15. The van der Waals surface area contributed by atoms with Gasteiger partial charge >= 0.3 is 5.97 Å². The number of rotatable bonds is 4. The molecule has 0 aromatic rings. The predicted molar refractivity (Wildman–Crippen MR) is 41.1 cm³/mol. The number of hydrogen-bond acceptors (Lipinski definition) is 2. The summed E-state index contributed by atoms with van der Waals surface area (Å²) in [7, 11) is 0. The fourth-order valence-corrected chi connectivity index (χ4v) is 0.469. The number of alkyl halides is 1. The summed E-state index contributed by atoms with van der Waals surface area (Å²) in [6, 6.07) is 0. The molecular weight excluding hydrogens is 152 g/mol. The van der Waals surface area contributed by atoms with Crippen LogP contribution in [-0.2, 0) is 9.53 Å². The van der Waals surface area contributed by atoms with Crippen LogP contribution in [0.4, 0.5) is 0 Å². The van der Waals surface area contributed by atoms with Gasteiger partial charge in [0, 0.05) is 0 Å². The second-order valence-electron chi connectivity index (χ2n) is 2.33. The summed E-state index contributed by atoms with van der Waals surface area (Å²) in [5.74, 6) is 0.0605. The molecule has 0 saturated heterocycles. The summed E-state index contributed by atoms with van der Waals surface area (Å²) < 4.78 is 4.77. The Morgan fingerprint density at radius 1 is 1.70 bits per heavy atom. The number of hydrogen-bond donors (Lipinski definition) is 0. The van der Waals surface area contributed by atoms with Crippen LogP contribution in [0.15, 0.2) is 0 Å². The number of carbonyl (C=O) groups is 1. The van der Waals surface area contributed by atoms with Crippen LogP contribution >= 0.6 is 11.6 Å². The summed E-state index contributed by atoms with van der Waals surface area (Å²) in [5, 5.41) is 0. The van der Waals surface area contributed by atoms with Crippen LogP contribution in [0.5, 0.6) is 0 Å². The van der Waals surface area contributed by atoms with Gasteiger partial charge in [-0.25, -0.2) is 0 Å². The van der Waals surface area contributed by atoms with Gasteiger partial charge in [0.2, 0.25) is 0 Å². The van der Waals surface area contributed by atoms with Gasteiger partial charge in [-0.05, 0) is 5.92 Å². The fourth-order valence-electron chi connectivity index (χ4n) is 0.392. The molecular formula is C7H13ClO2. The Morgan fingerprint density at radius 3 is 2.70 bits per heavy atom. The zero-order valence-electron chi connectivity index (χ0n) is 6.39. The van der Waals surface area contributed by atoms with Crippen molar-refractivity contribution in [1.29, 1.82) is 0 Å². The maximum atomic E-state index is 10.5. The van der Waals surface area contributed by atoms with E-state index in [-0.39, 0.29) is 11.8 Å². The molecule has 1 atom stereocenters. The Hall–Kier alpha value is -0.240. The third-order valence-electron chi connectivity index (χ3n) is 1.33. The minimum atomic E-state index is -0.332. The van der Waals surface area contributed by atoms with Crippen LogP contribution in [0.1, 0.15) is 20.3 Å². The van der Waals surface area contributed by atoms with E-state index in [1.165, 1.54) is 0 Å². The molecule has 0 aliphatic rings. The normalized spacial score (nSPS) is 12.7. The molecule has 2 nitrogen and oxygen atoms in total. The van der Waals surface area contributed by atoms with E-state index in [4.69, 9.17) is 16.3 Å². The van der Waals surface area contributed by atoms with Crippen molar-refractivity contribution in [3.05, 3.63) is 0 Å². The molecule has 0 spiro atoms. The average molecular weight is 165 g/mol. The second-order valence-corrected chi connectivity index (χ2v) is 2.60. The Kier molecular flexibility index (Phi) is 5.40. The molecule has 0 saturated carbocycles. The highest BCUT2D eigenvalue weighted by atomic mass is 35.5. The van der Waals surface area contributed by atoms with E-state index < -0.39 is 0 Å². The van der Waals surface area contributed by atoms with Crippen molar-refractivity contribution in [3.8, 4) is 0 Å². The van der Waals surface area contributed by atoms with Gasteiger partial charge in [-0.2, -0.15) is 0 Å². The van der Waals surface area contributed by atoms with Gasteiger partial charge < -0.3 is 4.74 Å². The van der Waals surface area contributed by atoms with Crippen molar-refractivity contribution in [2.24, 2.45) is 5.92 Å². The standard InChI is InChI=1S/C7H13ClO2/c1-3-6(2)5-10-7(9)4-8/h6H,3-5H2,1-2H3. The summed E-state index contributed by atoms with van der Waals surface area (Å²) in [5.41, 5.74) is 0. The molecule has 0 aromatic carbocycles. The smallest absolute Gasteiger partial charge is 0.320 e. The first-order valence-corrected chi connectivity index (χ1v) is 3.95. The van der Waals surface area contributed by atoms with Crippen LogP contribution in [-0.4, -0.2) is 18.5 Å². The Balaban J connectivity index is 3.26. The summed E-state index contributed by atoms with van der Waals surface area (Å²) in [4.78, 5) is 10.5. The van der Waals surface area contributed by atoms with Crippen LogP contribution < -0.4 is 0 Å². The maximum Gasteiger partial charge on any atom is 0.320 e. The van der Waals surface area contributed by atoms with Gasteiger partial charge in [0.25, 0.3) is 0 Å². The molecule has 3 heteroatoms. The highest BCUT2D eigenvalue weighted by molar-refractivity contribution is 6.26. The zero-order chi connectivity index (χ0) is 7.98. The maximum absolute atomic E-state index is 10.5. The van der Waals surface area contributed by atoms with E-state index >= 15 is 0 Å². The van der Waals surface area contributed by atoms with Crippen molar-refractivity contribution in [2.45, 2.75) is 20.3 Å². The monoisotopic (exact) mass is 164 g/mol. The predicted octanol–water partition coefficient (Wildman–Crippen LogP) is 1.81. The number of carbonyl (C=O) groups excluding carboxylic acids is 1. The molecule has 0 aliphatic heterocycles. The molecule has 0 aliphatic carbocycles. The van der Waals surface area contributed by atoms with Gasteiger partial charge in [0.05, 0.1) is 6.61 Å². The van der Waals surface area contributed by atoms with Gasteiger partial charge in [0.1, 0.15) is 5.88 Å². The highest BCUT2D eigenvalue weighted by Gasteiger charge is 2.02. The lowest BCUT2D eigenvalue weighted by Gasteiger charge is -2.07. The lowest BCUT2D eigenvalue weighted by molar-refractivity contribution is -0.141. The largest absolute Gasteiger partial charge is 0.465 e. The molecule has 0 aromatic heterocycles. The fraction of sp³-hybridized carbons (Fsp3) is 0.857. The first-order chi connectivity index (χ1) is 4.70. The molecule has 1 unspecified atom stereocenters. The van der Waals surface area contributed by atoms with Gasteiger partial charge in [-0.3, -0.25) is 4.79 Å². The van der Waals surface area contributed by atoms with E-state index in [0.29, 0.717) is 12.5 Å². The van der Waals surface area contributed by atoms with Gasteiger partial charge in [-0.15, -0.1) is 11.6 Å². The van der Waals surface area contributed by atoms with Crippen LogP contribution in [0.25, 0.3) is 0 Å². The molecule has 0 heterocycles. The minimum Gasteiger partial charge on any atom is -0.465 e. The third-order valence-corrected chi connectivity index (χ3v) is 1.55. The Morgan fingerprint density at radius 2 is 2.30 bits per heavy atom. The first kappa shape index (κ1) is 9.76. The Bertz CT molecular complexity index is 104. The van der Waals surface area contributed by atoms with Crippen molar-refractivity contribution in [3.63, 3.8) is 0 Å². The van der Waals surface area contributed by atoms with Crippen molar-refractivity contribution in [2.75, 3.05) is 12.5 Å². The van der Waals surface area contributed by atoms with Crippen LogP contribution in [0.3, 0.4) is 0 Å². The molecule has 0 bridgehead atoms. The molecule has 60 valence electrons. The lowest BCUT2D eigenvalue weighted by Crippen LogP contribution is -2.11. The van der Waals surface area contributed by atoms with Crippen molar-refractivity contribution >= 4 is 17.6 Å². The quantitative estimate of drug-likeness (QED) is 0.468. The first-order valence-electron chi connectivity index (χ1n) is 3.42. The van der Waals surface area contributed by atoms with E-state index in [0.717, 1.165) is 6.42 Å². The molecule has 0 fully saturated rings. The summed E-state index contributed by atoms with van der Waals surface area (Å²) in [6.07, 6.45) is 1.02. The third kappa shape index (κ3) is 4.62. The van der Waals surface area contributed by atoms with E-state index in [1.54, 1.807) is 0 Å². The lowest BCUT2D eigenvalue weighted by atomic mass is 10.1. The van der Waals surface area contributed by atoms with Crippen LogP contribution in [0, 0.1) is 5.92 Å². The minimum absolute atomic E-state index is 0.0452. The number of halogens is 1. The summed E-state index contributed by atoms with van der Waals surface area (Å²) >= 11 is 5.20. The molecule has 0 rings (SSSR count). The van der Waals surface area contributed by atoms with E-state index in [2.05, 4.69) is 6.92 Å². The highest BCUT2D eigenvalue weighted by Crippen LogP contribution is 2.00. The molecule has 0 N–H and O–H groups in total. The topological polar surface area (TPSA) is 26.3 Å². The molecule has 0 radical (unpaired) electrons. The molecule has 10 heavy (non-hydrogen) atoms. The van der Waals surface area contributed by atoms with Gasteiger partial charge in [-0.1, -0.05) is 20.3 Å². The number of esters is 1. The SMILES string of the molecule is CCC(C)COC(=O)CCl. The van der Waals surface area contributed by atoms with Gasteiger partial charge in [0.15, 0.2) is 0 Å².